The summed E-state index contributed by atoms with van der Waals surface area (Å²) in [6.07, 6.45) is 2.12. The Bertz CT molecular complexity index is 562. The minimum atomic E-state index is 0.314. The molecule has 0 radical (unpaired) electrons. The van der Waals surface area contributed by atoms with Gasteiger partial charge in [0, 0.05) is 11.1 Å². The molecule has 0 heterocycles. The first-order chi connectivity index (χ1) is 10.1. The van der Waals surface area contributed by atoms with Crippen molar-refractivity contribution in [3.63, 3.8) is 0 Å². The number of likely N-dealkylation sites (N-methyl/N-ethyl adjacent to an activating group) is 1. The Morgan fingerprint density at radius 1 is 1.05 bits per heavy atom. The summed E-state index contributed by atoms with van der Waals surface area (Å²) in [6.45, 7) is 4.50. The molecule has 0 amide bonds. The monoisotopic (exact) mass is 301 g/mol. The van der Waals surface area contributed by atoms with Gasteiger partial charge >= 0.3 is 0 Å². The first-order valence-corrected chi connectivity index (χ1v) is 8.03. The summed E-state index contributed by atoms with van der Waals surface area (Å²) in [7, 11) is 2.01. The van der Waals surface area contributed by atoms with Crippen LogP contribution in [0.25, 0.3) is 0 Å². The second kappa shape index (κ2) is 7.63. The lowest BCUT2D eigenvalue weighted by Gasteiger charge is -2.18. The van der Waals surface area contributed by atoms with Crippen LogP contribution in [0, 0.1) is 0 Å². The maximum Gasteiger partial charge on any atom is 0.0408 e. The zero-order chi connectivity index (χ0) is 15.2. The van der Waals surface area contributed by atoms with Crippen LogP contribution in [0.4, 0.5) is 0 Å². The maximum absolute atomic E-state index is 6.07. The van der Waals surface area contributed by atoms with Gasteiger partial charge in [0.25, 0.3) is 0 Å². The van der Waals surface area contributed by atoms with Crippen LogP contribution in [0.2, 0.25) is 5.02 Å². The first kappa shape index (κ1) is 16.1. The molecule has 2 aromatic carbocycles. The molecule has 2 atom stereocenters. The van der Waals surface area contributed by atoms with E-state index in [0.717, 1.165) is 11.4 Å². The molecular weight excluding hydrogens is 278 g/mol. The molecule has 1 nitrogen and oxygen atoms in total. The van der Waals surface area contributed by atoms with Crippen LogP contribution in [-0.4, -0.2) is 7.05 Å². The number of hydrogen-bond acceptors (Lipinski definition) is 1. The van der Waals surface area contributed by atoms with Gasteiger partial charge in [-0.05, 0) is 54.6 Å². The molecule has 2 heteroatoms. The van der Waals surface area contributed by atoms with Gasteiger partial charge in [-0.3, -0.25) is 0 Å². The van der Waals surface area contributed by atoms with E-state index < -0.39 is 0 Å². The Labute approximate surface area is 133 Å². The number of benzene rings is 2. The molecule has 0 aliphatic rings. The molecule has 0 bridgehead atoms. The summed E-state index contributed by atoms with van der Waals surface area (Å²) < 4.78 is 0. The average molecular weight is 302 g/mol. The van der Waals surface area contributed by atoms with Gasteiger partial charge < -0.3 is 5.32 Å². The lowest BCUT2D eigenvalue weighted by atomic mass is 9.94. The van der Waals surface area contributed by atoms with Gasteiger partial charge in [-0.15, -0.1) is 0 Å². The predicted octanol–water partition coefficient (Wildman–Crippen LogP) is 5.36. The van der Waals surface area contributed by atoms with Crippen LogP contribution in [-0.2, 0) is 6.42 Å². The summed E-state index contributed by atoms with van der Waals surface area (Å²) in [4.78, 5) is 0. The highest BCUT2D eigenvalue weighted by Crippen LogP contribution is 2.24. The van der Waals surface area contributed by atoms with Crippen LogP contribution in [0.15, 0.2) is 48.5 Å². The number of halogens is 1. The van der Waals surface area contributed by atoms with E-state index in [1.165, 1.54) is 23.1 Å². The third-order valence-electron chi connectivity index (χ3n) is 4.20. The van der Waals surface area contributed by atoms with Crippen LogP contribution in [0.3, 0.4) is 0 Å². The largest absolute Gasteiger partial charge is 0.313 e. The summed E-state index contributed by atoms with van der Waals surface area (Å²) in [5, 5.41) is 4.21. The summed E-state index contributed by atoms with van der Waals surface area (Å²) in [5.41, 5.74) is 4.00. The predicted molar refractivity (Wildman–Crippen MR) is 92.1 cm³/mol. The average Bonchev–Trinajstić information content (AvgIpc) is 2.52. The van der Waals surface area contributed by atoms with Crippen molar-refractivity contribution in [2.24, 2.45) is 0 Å². The highest BCUT2D eigenvalue weighted by Gasteiger charge is 2.11. The molecule has 2 rings (SSSR count). The molecule has 0 aromatic heterocycles. The SMILES string of the molecule is CCC(C)c1ccc(C(Cc2cccc(Cl)c2)NC)cc1. The highest BCUT2D eigenvalue weighted by molar-refractivity contribution is 6.30. The Balaban J connectivity index is 2.14. The van der Waals surface area contributed by atoms with E-state index in [4.69, 9.17) is 11.6 Å². The minimum Gasteiger partial charge on any atom is -0.313 e. The standard InChI is InChI=1S/C19H24ClN/c1-4-14(2)16-8-10-17(11-9-16)19(21-3)13-15-6-5-7-18(20)12-15/h5-12,14,19,21H,4,13H2,1-3H3. The van der Waals surface area contributed by atoms with Crippen molar-refractivity contribution < 1.29 is 0 Å². The van der Waals surface area contributed by atoms with Gasteiger partial charge in [0.2, 0.25) is 0 Å². The molecule has 112 valence electrons. The number of rotatable bonds is 6. The molecule has 21 heavy (non-hydrogen) atoms. The molecule has 0 saturated heterocycles. The first-order valence-electron chi connectivity index (χ1n) is 7.65. The van der Waals surface area contributed by atoms with Crippen LogP contribution >= 0.6 is 11.6 Å². The van der Waals surface area contributed by atoms with E-state index in [9.17, 15) is 0 Å². The van der Waals surface area contributed by atoms with Crippen LogP contribution < -0.4 is 5.32 Å². The van der Waals surface area contributed by atoms with Gasteiger partial charge in [-0.2, -0.15) is 0 Å². The van der Waals surface area contributed by atoms with Crippen molar-refractivity contribution in [3.05, 3.63) is 70.2 Å². The van der Waals surface area contributed by atoms with Crippen molar-refractivity contribution in [1.29, 1.82) is 0 Å². The fraction of sp³-hybridized carbons (Fsp3) is 0.368. The Hall–Kier alpha value is -1.31. The second-order valence-corrected chi connectivity index (χ2v) is 6.09. The van der Waals surface area contributed by atoms with Crippen molar-refractivity contribution >= 4 is 11.6 Å². The van der Waals surface area contributed by atoms with Gasteiger partial charge in [-0.25, -0.2) is 0 Å². The van der Waals surface area contributed by atoms with Crippen molar-refractivity contribution in [2.45, 2.75) is 38.6 Å². The highest BCUT2D eigenvalue weighted by atomic mass is 35.5. The van der Waals surface area contributed by atoms with E-state index in [1.807, 2.05) is 25.2 Å². The van der Waals surface area contributed by atoms with Crippen molar-refractivity contribution in [3.8, 4) is 0 Å². The Morgan fingerprint density at radius 3 is 2.29 bits per heavy atom. The van der Waals surface area contributed by atoms with Gasteiger partial charge in [0.05, 0.1) is 0 Å². The number of hydrogen-bond donors (Lipinski definition) is 1. The molecule has 0 spiro atoms. The van der Waals surface area contributed by atoms with E-state index in [1.54, 1.807) is 0 Å². The lowest BCUT2D eigenvalue weighted by Crippen LogP contribution is -2.18. The topological polar surface area (TPSA) is 12.0 Å². The third-order valence-corrected chi connectivity index (χ3v) is 4.43. The molecule has 0 fully saturated rings. The Morgan fingerprint density at radius 2 is 1.71 bits per heavy atom. The third kappa shape index (κ3) is 4.33. The van der Waals surface area contributed by atoms with Gasteiger partial charge in [0.1, 0.15) is 0 Å². The van der Waals surface area contributed by atoms with Crippen molar-refractivity contribution in [1.82, 2.24) is 5.32 Å². The summed E-state index contributed by atoms with van der Waals surface area (Å²) in [6, 6.07) is 17.4. The number of nitrogens with one attached hydrogen (secondary N) is 1. The fourth-order valence-electron chi connectivity index (χ4n) is 2.58. The van der Waals surface area contributed by atoms with Gasteiger partial charge in [-0.1, -0.05) is 61.8 Å². The van der Waals surface area contributed by atoms with Crippen LogP contribution in [0.1, 0.15) is 48.9 Å². The molecule has 0 aliphatic carbocycles. The molecular formula is C19H24ClN. The molecule has 1 N–H and O–H groups in total. The fourth-order valence-corrected chi connectivity index (χ4v) is 2.79. The summed E-state index contributed by atoms with van der Waals surface area (Å²) >= 11 is 6.07. The van der Waals surface area contributed by atoms with Gasteiger partial charge in [0.15, 0.2) is 0 Å². The lowest BCUT2D eigenvalue weighted by molar-refractivity contribution is 0.591. The summed E-state index contributed by atoms with van der Waals surface area (Å²) in [5.74, 6) is 0.625. The normalized spacial score (nSPS) is 13.9. The molecule has 2 unspecified atom stereocenters. The quantitative estimate of drug-likeness (QED) is 0.757. The zero-order valence-corrected chi connectivity index (χ0v) is 13.8. The Kier molecular flexibility index (Phi) is 5.84. The van der Waals surface area contributed by atoms with Crippen LogP contribution in [0.5, 0.6) is 0 Å². The zero-order valence-electron chi connectivity index (χ0n) is 13.1. The minimum absolute atomic E-state index is 0.314. The van der Waals surface area contributed by atoms with E-state index in [2.05, 4.69) is 49.5 Å². The molecule has 0 saturated carbocycles. The van der Waals surface area contributed by atoms with E-state index >= 15 is 0 Å². The van der Waals surface area contributed by atoms with Crippen molar-refractivity contribution in [2.75, 3.05) is 7.05 Å². The molecule has 0 aliphatic heterocycles. The maximum atomic E-state index is 6.07. The van der Waals surface area contributed by atoms with E-state index in [-0.39, 0.29) is 0 Å². The second-order valence-electron chi connectivity index (χ2n) is 5.65. The smallest absolute Gasteiger partial charge is 0.0408 e. The van der Waals surface area contributed by atoms with E-state index in [0.29, 0.717) is 12.0 Å². The molecule has 2 aromatic rings.